The van der Waals surface area contributed by atoms with Crippen LogP contribution >= 0.6 is 0 Å². The van der Waals surface area contributed by atoms with E-state index in [-0.39, 0.29) is 0 Å². The van der Waals surface area contributed by atoms with E-state index in [1.54, 1.807) is 6.92 Å². The maximum absolute atomic E-state index is 8.86. The van der Waals surface area contributed by atoms with Crippen molar-refractivity contribution in [2.24, 2.45) is 0 Å². The average molecular weight is 194 g/mol. The molecule has 1 atom stereocenters. The van der Waals surface area contributed by atoms with Crippen LogP contribution in [0, 0.1) is 22.7 Å². The van der Waals surface area contributed by atoms with Gasteiger partial charge in [0.15, 0.2) is 13.9 Å². The van der Waals surface area contributed by atoms with Gasteiger partial charge in [-0.25, -0.2) is 0 Å². The van der Waals surface area contributed by atoms with Crippen LogP contribution in [0.15, 0.2) is 12.2 Å². The van der Waals surface area contributed by atoms with Crippen LogP contribution in [0.3, 0.4) is 0 Å². The fourth-order valence-electron chi connectivity index (χ4n) is 0.926. The fraction of sp³-hybridized carbons (Fsp3) is 0.556. The molecule has 0 aromatic heterocycles. The van der Waals surface area contributed by atoms with Crippen LogP contribution in [0.25, 0.3) is 0 Å². The first-order chi connectivity index (χ1) is 5.83. The van der Waals surface area contributed by atoms with E-state index in [0.717, 1.165) is 0 Å². The van der Waals surface area contributed by atoms with Crippen molar-refractivity contribution in [2.45, 2.75) is 32.2 Å². The second-order valence-electron chi connectivity index (χ2n) is 3.90. The third kappa shape index (κ3) is 5.19. The molecule has 0 N–H and O–H groups in total. The molecule has 0 aromatic carbocycles. The standard InChI is InChI=1S/C9H14N2OSi/c1-9(8-11,6-5-7-10)12-13(2,3)4/h5-6H,1-4H3/b6-5+. The molecule has 0 heterocycles. The van der Waals surface area contributed by atoms with E-state index in [1.807, 2.05) is 31.8 Å². The lowest BCUT2D eigenvalue weighted by atomic mass is 10.1. The molecule has 4 heteroatoms. The summed E-state index contributed by atoms with van der Waals surface area (Å²) in [4.78, 5) is 0. The lowest BCUT2D eigenvalue weighted by Gasteiger charge is -2.27. The molecule has 0 saturated carbocycles. The Morgan fingerprint density at radius 2 is 1.85 bits per heavy atom. The lowest BCUT2D eigenvalue weighted by Crippen LogP contribution is -2.38. The first-order valence-corrected chi connectivity index (χ1v) is 7.42. The predicted molar refractivity (Wildman–Crippen MR) is 53.2 cm³/mol. The first kappa shape index (κ1) is 11.9. The zero-order chi connectivity index (χ0) is 10.5. The minimum Gasteiger partial charge on any atom is -0.397 e. The Kier molecular flexibility index (Phi) is 3.87. The van der Waals surface area contributed by atoms with Crippen LogP contribution in [-0.2, 0) is 4.43 Å². The summed E-state index contributed by atoms with van der Waals surface area (Å²) in [6.45, 7) is 7.67. The molecule has 3 nitrogen and oxygen atoms in total. The zero-order valence-corrected chi connectivity index (χ0v) is 9.46. The van der Waals surface area contributed by atoms with Gasteiger partial charge >= 0.3 is 0 Å². The molecular weight excluding hydrogens is 180 g/mol. The van der Waals surface area contributed by atoms with Crippen molar-refractivity contribution in [2.75, 3.05) is 0 Å². The second kappa shape index (κ2) is 4.22. The molecule has 0 spiro atoms. The van der Waals surface area contributed by atoms with Gasteiger partial charge in [0, 0.05) is 6.08 Å². The van der Waals surface area contributed by atoms with Crippen molar-refractivity contribution in [3.63, 3.8) is 0 Å². The van der Waals surface area contributed by atoms with Crippen LogP contribution in [0.5, 0.6) is 0 Å². The van der Waals surface area contributed by atoms with E-state index in [4.69, 9.17) is 14.9 Å². The molecule has 0 bridgehead atoms. The molecule has 0 fully saturated rings. The van der Waals surface area contributed by atoms with Crippen molar-refractivity contribution in [1.29, 1.82) is 10.5 Å². The van der Waals surface area contributed by atoms with Crippen LogP contribution < -0.4 is 0 Å². The van der Waals surface area contributed by atoms with Crippen LogP contribution in [0.4, 0.5) is 0 Å². The highest BCUT2D eigenvalue weighted by atomic mass is 28.4. The van der Waals surface area contributed by atoms with Crippen molar-refractivity contribution in [1.82, 2.24) is 0 Å². The highest BCUT2D eigenvalue weighted by Gasteiger charge is 2.28. The summed E-state index contributed by atoms with van der Waals surface area (Å²) in [6.07, 6.45) is 2.77. The number of nitriles is 2. The summed E-state index contributed by atoms with van der Waals surface area (Å²) in [5, 5.41) is 17.2. The second-order valence-corrected chi connectivity index (χ2v) is 8.32. The summed E-state index contributed by atoms with van der Waals surface area (Å²) in [6, 6.07) is 3.89. The Hall–Kier alpha value is -1.10. The molecule has 0 amide bonds. The van der Waals surface area contributed by atoms with Gasteiger partial charge in [0.05, 0.1) is 6.07 Å². The van der Waals surface area contributed by atoms with E-state index in [9.17, 15) is 0 Å². The number of hydrogen-bond donors (Lipinski definition) is 0. The molecule has 70 valence electrons. The number of hydrogen-bond acceptors (Lipinski definition) is 3. The van der Waals surface area contributed by atoms with Crippen LogP contribution in [0.2, 0.25) is 19.6 Å². The van der Waals surface area contributed by atoms with E-state index >= 15 is 0 Å². The quantitative estimate of drug-likeness (QED) is 0.511. The number of allylic oxidation sites excluding steroid dienone is 1. The topological polar surface area (TPSA) is 56.8 Å². The number of nitrogens with zero attached hydrogens (tertiary/aromatic N) is 2. The van der Waals surface area contributed by atoms with E-state index in [1.165, 1.54) is 12.2 Å². The van der Waals surface area contributed by atoms with Gasteiger partial charge in [0.25, 0.3) is 0 Å². The van der Waals surface area contributed by atoms with Gasteiger partial charge in [-0.2, -0.15) is 10.5 Å². The first-order valence-electron chi connectivity index (χ1n) is 4.02. The van der Waals surface area contributed by atoms with Gasteiger partial charge < -0.3 is 4.43 Å². The van der Waals surface area contributed by atoms with Gasteiger partial charge in [0.2, 0.25) is 0 Å². The molecule has 1 unspecified atom stereocenters. The van der Waals surface area contributed by atoms with Gasteiger partial charge in [-0.1, -0.05) is 0 Å². The molecule has 0 aliphatic carbocycles. The molecule has 0 aliphatic heterocycles. The summed E-state index contributed by atoms with van der Waals surface area (Å²) in [5.41, 5.74) is -0.958. The normalized spacial score (nSPS) is 16.2. The monoisotopic (exact) mass is 194 g/mol. The van der Waals surface area contributed by atoms with Crippen LogP contribution in [-0.4, -0.2) is 13.9 Å². The van der Waals surface area contributed by atoms with Crippen molar-refractivity contribution in [3.05, 3.63) is 12.2 Å². The summed E-state index contributed by atoms with van der Waals surface area (Å²) in [7, 11) is -1.75. The number of rotatable bonds is 3. The molecule has 0 aliphatic rings. The van der Waals surface area contributed by atoms with Gasteiger partial charge in [0.1, 0.15) is 6.07 Å². The Morgan fingerprint density at radius 1 is 1.31 bits per heavy atom. The van der Waals surface area contributed by atoms with Crippen molar-refractivity contribution in [3.8, 4) is 12.1 Å². The molecule has 0 rings (SSSR count). The Morgan fingerprint density at radius 3 is 2.15 bits per heavy atom. The van der Waals surface area contributed by atoms with Gasteiger partial charge in [-0.3, -0.25) is 0 Å². The smallest absolute Gasteiger partial charge is 0.186 e. The van der Waals surface area contributed by atoms with E-state index in [2.05, 4.69) is 0 Å². The van der Waals surface area contributed by atoms with Crippen LogP contribution in [0.1, 0.15) is 6.92 Å². The molecular formula is C9H14N2OSi. The molecule has 0 saturated heterocycles. The maximum atomic E-state index is 8.86. The summed E-state index contributed by atoms with van der Waals surface area (Å²) in [5.74, 6) is 0. The third-order valence-corrected chi connectivity index (χ3v) is 2.25. The lowest BCUT2D eigenvalue weighted by molar-refractivity contribution is 0.192. The molecule has 13 heavy (non-hydrogen) atoms. The molecule has 0 radical (unpaired) electrons. The minimum atomic E-state index is -1.75. The highest BCUT2D eigenvalue weighted by molar-refractivity contribution is 6.69. The van der Waals surface area contributed by atoms with E-state index < -0.39 is 13.9 Å². The summed E-state index contributed by atoms with van der Waals surface area (Å²) >= 11 is 0. The van der Waals surface area contributed by atoms with Crippen molar-refractivity contribution >= 4 is 8.32 Å². The maximum Gasteiger partial charge on any atom is 0.186 e. The minimum absolute atomic E-state index is 0.958. The zero-order valence-electron chi connectivity index (χ0n) is 8.46. The fourth-order valence-corrected chi connectivity index (χ4v) is 2.31. The Bertz CT molecular complexity index is 279. The third-order valence-electron chi connectivity index (χ3n) is 1.22. The van der Waals surface area contributed by atoms with E-state index in [0.29, 0.717) is 0 Å². The Balaban J connectivity index is 4.61. The summed E-state index contributed by atoms with van der Waals surface area (Å²) < 4.78 is 5.62. The Labute approximate surface area is 80.4 Å². The highest BCUT2D eigenvalue weighted by Crippen LogP contribution is 2.18. The average Bonchev–Trinajstić information content (AvgIpc) is 1.98. The SMILES string of the molecule is CC(C#N)(/C=C/C#N)O[Si](C)(C)C. The largest absolute Gasteiger partial charge is 0.397 e. The molecule has 0 aromatic rings. The predicted octanol–water partition coefficient (Wildman–Crippen LogP) is 2.20. The van der Waals surface area contributed by atoms with Gasteiger partial charge in [-0.15, -0.1) is 0 Å². The van der Waals surface area contributed by atoms with Gasteiger partial charge in [-0.05, 0) is 32.6 Å². The van der Waals surface area contributed by atoms with Crippen molar-refractivity contribution < 1.29 is 4.43 Å².